The van der Waals surface area contributed by atoms with Gasteiger partial charge in [-0.15, -0.1) is 0 Å². The first-order valence-electron chi connectivity index (χ1n) is 11.2. The largest absolute Gasteiger partial charge is 0.391 e. The van der Waals surface area contributed by atoms with Gasteiger partial charge in [-0.25, -0.2) is 4.99 Å². The molecule has 0 aromatic rings. The number of hydrogen-bond acceptors (Lipinski definition) is 4. The molecular formula is C21H39N5O2. The van der Waals surface area contributed by atoms with Crippen LogP contribution in [0.5, 0.6) is 0 Å². The Labute approximate surface area is 169 Å². The van der Waals surface area contributed by atoms with Crippen LogP contribution in [0, 0.1) is 0 Å². The van der Waals surface area contributed by atoms with Gasteiger partial charge < -0.3 is 20.6 Å². The monoisotopic (exact) mass is 393 g/mol. The lowest BCUT2D eigenvalue weighted by Gasteiger charge is -2.42. The first-order chi connectivity index (χ1) is 13.5. The van der Waals surface area contributed by atoms with Gasteiger partial charge >= 0.3 is 0 Å². The van der Waals surface area contributed by atoms with E-state index in [1.165, 1.54) is 32.1 Å². The zero-order chi connectivity index (χ0) is 19.9. The molecule has 160 valence electrons. The molecule has 1 heterocycles. The molecule has 2 saturated carbocycles. The Kier molecular flexibility index (Phi) is 7.97. The predicted octanol–water partition coefficient (Wildman–Crippen LogP) is 1.32. The number of hydrogen-bond donors (Lipinski definition) is 3. The number of likely N-dealkylation sites (tertiary alicyclic amines) is 1. The van der Waals surface area contributed by atoms with Crippen molar-refractivity contribution in [2.75, 3.05) is 33.7 Å². The molecule has 0 spiro atoms. The van der Waals surface area contributed by atoms with Crippen LogP contribution in [-0.2, 0) is 4.79 Å². The molecule has 0 aromatic carbocycles. The second kappa shape index (κ2) is 10.4. The van der Waals surface area contributed by atoms with Crippen molar-refractivity contribution in [3.63, 3.8) is 0 Å². The van der Waals surface area contributed by atoms with E-state index in [1.807, 2.05) is 0 Å². The van der Waals surface area contributed by atoms with Gasteiger partial charge in [-0.2, -0.15) is 0 Å². The average Bonchev–Trinajstić information content (AvgIpc) is 3.20. The number of nitrogens with zero attached hydrogens (tertiary/aromatic N) is 3. The molecule has 7 heteroatoms. The zero-order valence-corrected chi connectivity index (χ0v) is 17.7. The summed E-state index contributed by atoms with van der Waals surface area (Å²) in [5.74, 6) is 0.812. The maximum absolute atomic E-state index is 12.0. The first kappa shape index (κ1) is 21.4. The molecule has 2 atom stereocenters. The van der Waals surface area contributed by atoms with Crippen LogP contribution in [0.4, 0.5) is 0 Å². The molecule has 1 saturated heterocycles. The fraction of sp³-hybridized carbons (Fsp3) is 0.905. The summed E-state index contributed by atoms with van der Waals surface area (Å²) in [6.45, 7) is 2.22. The van der Waals surface area contributed by atoms with E-state index in [0.29, 0.717) is 18.1 Å². The smallest absolute Gasteiger partial charge is 0.243 e. The van der Waals surface area contributed by atoms with Crippen LogP contribution in [0.15, 0.2) is 4.99 Å². The number of carbonyl (C=O) groups excluding carboxylic acids is 1. The molecule has 2 aliphatic carbocycles. The Morgan fingerprint density at radius 3 is 2.14 bits per heavy atom. The highest BCUT2D eigenvalue weighted by Gasteiger charge is 2.31. The highest BCUT2D eigenvalue weighted by atomic mass is 16.3. The van der Waals surface area contributed by atoms with Crippen LogP contribution in [0.25, 0.3) is 0 Å². The lowest BCUT2D eigenvalue weighted by Crippen LogP contribution is -2.54. The summed E-state index contributed by atoms with van der Waals surface area (Å²) in [5.41, 5.74) is 0. The Morgan fingerprint density at radius 2 is 1.54 bits per heavy atom. The minimum atomic E-state index is -0.156. The van der Waals surface area contributed by atoms with E-state index < -0.39 is 0 Å². The second-order valence-corrected chi connectivity index (χ2v) is 8.95. The van der Waals surface area contributed by atoms with Gasteiger partial charge in [-0.3, -0.25) is 9.69 Å². The van der Waals surface area contributed by atoms with Crippen LogP contribution < -0.4 is 10.6 Å². The first-order valence-corrected chi connectivity index (χ1v) is 11.2. The molecule has 0 radical (unpaired) electrons. The third kappa shape index (κ3) is 6.08. The van der Waals surface area contributed by atoms with E-state index in [-0.39, 0.29) is 18.6 Å². The number of piperidine rings is 1. The fourth-order valence-corrected chi connectivity index (χ4v) is 4.77. The van der Waals surface area contributed by atoms with E-state index in [4.69, 9.17) is 0 Å². The molecule has 3 rings (SSSR count). The number of guanidine groups is 1. The van der Waals surface area contributed by atoms with E-state index in [1.54, 1.807) is 19.0 Å². The van der Waals surface area contributed by atoms with Gasteiger partial charge in [-0.1, -0.05) is 25.7 Å². The molecule has 1 amide bonds. The van der Waals surface area contributed by atoms with Crippen LogP contribution in [0.3, 0.4) is 0 Å². The summed E-state index contributed by atoms with van der Waals surface area (Å²) in [5, 5.41) is 17.5. The fourth-order valence-electron chi connectivity index (χ4n) is 4.77. The standard InChI is InChI=1S/C21H39N5O2/c1-25(2)20(28)15-22-21(23-16-7-3-4-8-16)24-17-11-13-26(14-12-17)18-9-5-6-10-19(18)27/h16-19,27H,3-15H2,1-2H3,(H2,22,23,24). The molecule has 0 bridgehead atoms. The van der Waals surface area contributed by atoms with Crippen molar-refractivity contribution in [3.05, 3.63) is 0 Å². The molecule has 7 nitrogen and oxygen atoms in total. The van der Waals surface area contributed by atoms with Gasteiger partial charge in [-0.05, 0) is 38.5 Å². The summed E-state index contributed by atoms with van der Waals surface area (Å²) in [4.78, 5) is 20.6. The number of rotatable bonds is 5. The summed E-state index contributed by atoms with van der Waals surface area (Å²) in [7, 11) is 3.54. The maximum atomic E-state index is 12.0. The quantitative estimate of drug-likeness (QED) is 0.485. The average molecular weight is 394 g/mol. The molecular weight excluding hydrogens is 354 g/mol. The molecule has 3 fully saturated rings. The van der Waals surface area contributed by atoms with Crippen LogP contribution in [0.1, 0.15) is 64.2 Å². The van der Waals surface area contributed by atoms with E-state index >= 15 is 0 Å². The van der Waals surface area contributed by atoms with Crippen molar-refractivity contribution in [1.82, 2.24) is 20.4 Å². The van der Waals surface area contributed by atoms with Gasteiger partial charge in [0.25, 0.3) is 0 Å². The van der Waals surface area contributed by atoms with E-state index in [2.05, 4.69) is 20.5 Å². The van der Waals surface area contributed by atoms with Gasteiger partial charge in [0.2, 0.25) is 5.91 Å². The number of aliphatic hydroxyl groups is 1. The molecule has 2 unspecified atom stereocenters. The Morgan fingerprint density at radius 1 is 0.964 bits per heavy atom. The van der Waals surface area contributed by atoms with Crippen molar-refractivity contribution >= 4 is 11.9 Å². The number of aliphatic imine (C=N–C) groups is 1. The molecule has 3 N–H and O–H groups in total. The number of aliphatic hydroxyl groups excluding tert-OH is 1. The summed E-state index contributed by atoms with van der Waals surface area (Å²) >= 11 is 0. The maximum Gasteiger partial charge on any atom is 0.243 e. The number of likely N-dealkylation sites (N-methyl/N-ethyl adjacent to an activating group) is 1. The van der Waals surface area contributed by atoms with Crippen molar-refractivity contribution in [1.29, 1.82) is 0 Å². The van der Waals surface area contributed by atoms with Gasteiger partial charge in [0, 0.05) is 45.3 Å². The van der Waals surface area contributed by atoms with Crippen molar-refractivity contribution < 1.29 is 9.90 Å². The summed E-state index contributed by atoms with van der Waals surface area (Å²) < 4.78 is 0. The predicted molar refractivity (Wildman–Crippen MR) is 112 cm³/mol. The molecule has 28 heavy (non-hydrogen) atoms. The van der Waals surface area contributed by atoms with Crippen molar-refractivity contribution in [2.24, 2.45) is 4.99 Å². The topological polar surface area (TPSA) is 80.2 Å². The molecule has 1 aliphatic heterocycles. The van der Waals surface area contributed by atoms with Crippen LogP contribution in [-0.4, -0.2) is 84.7 Å². The van der Waals surface area contributed by atoms with Gasteiger partial charge in [0.15, 0.2) is 5.96 Å². The minimum absolute atomic E-state index is 0.0219. The SMILES string of the molecule is CN(C)C(=O)CN=C(NC1CCCC1)NC1CCN(C2CCCCC2O)CC1. The molecule has 0 aromatic heterocycles. The van der Waals surface area contributed by atoms with Crippen molar-refractivity contribution in [3.8, 4) is 0 Å². The number of nitrogens with one attached hydrogen (secondary N) is 2. The van der Waals surface area contributed by atoms with E-state index in [0.717, 1.165) is 51.2 Å². The van der Waals surface area contributed by atoms with Crippen LogP contribution in [0.2, 0.25) is 0 Å². The van der Waals surface area contributed by atoms with E-state index in [9.17, 15) is 9.90 Å². The minimum Gasteiger partial charge on any atom is -0.391 e. The number of carbonyl (C=O) groups is 1. The molecule has 3 aliphatic rings. The lowest BCUT2D eigenvalue weighted by atomic mass is 9.89. The van der Waals surface area contributed by atoms with Gasteiger partial charge in [0.05, 0.1) is 6.10 Å². The second-order valence-electron chi connectivity index (χ2n) is 8.95. The Hall–Kier alpha value is -1.34. The highest BCUT2D eigenvalue weighted by Crippen LogP contribution is 2.26. The summed E-state index contributed by atoms with van der Waals surface area (Å²) in [6.07, 6.45) is 11.3. The third-order valence-electron chi connectivity index (χ3n) is 6.60. The highest BCUT2D eigenvalue weighted by molar-refractivity contribution is 5.85. The van der Waals surface area contributed by atoms with Crippen LogP contribution >= 0.6 is 0 Å². The zero-order valence-electron chi connectivity index (χ0n) is 17.7. The van der Waals surface area contributed by atoms with Gasteiger partial charge in [0.1, 0.15) is 6.54 Å². The Balaban J connectivity index is 1.52. The third-order valence-corrected chi connectivity index (χ3v) is 6.60. The summed E-state index contributed by atoms with van der Waals surface area (Å²) in [6, 6.07) is 1.19. The lowest BCUT2D eigenvalue weighted by molar-refractivity contribution is -0.127. The number of amides is 1. The Bertz CT molecular complexity index is 525. The normalized spacial score (nSPS) is 28.3. The van der Waals surface area contributed by atoms with Crippen molar-refractivity contribution in [2.45, 2.75) is 88.4 Å².